The zero-order valence-electron chi connectivity index (χ0n) is 4.42. The van der Waals surface area contributed by atoms with Crippen molar-refractivity contribution in [3.63, 3.8) is 0 Å². The largest absolute Gasteiger partial charge is 3.00 e. The molecule has 0 aromatic rings. The predicted octanol–water partition coefficient (Wildman–Crippen LogP) is -9.52. The van der Waals surface area contributed by atoms with Gasteiger partial charge in [0.25, 0.3) is 0 Å². The summed E-state index contributed by atoms with van der Waals surface area (Å²) in [6.07, 6.45) is 0. The van der Waals surface area contributed by atoms with Crippen LogP contribution in [0.25, 0.3) is 0 Å². The molecule has 0 saturated carbocycles. The van der Waals surface area contributed by atoms with Crippen molar-refractivity contribution in [3.8, 4) is 0 Å². The standard InChI is InChI=1S/Al.Ba.3FH.2H/h;;3*1H;;/q+3;+2;;;;2*-1/p-3. The molecule has 0 aromatic carbocycles. The summed E-state index contributed by atoms with van der Waals surface area (Å²) in [5, 5.41) is 0. The fourth-order valence-electron chi connectivity index (χ4n) is 0. The van der Waals surface area contributed by atoms with E-state index in [2.05, 4.69) is 0 Å². The Hall–Kier alpha value is 1.89. The Kier molecular flexibility index (Phi) is 526. The molecule has 0 unspecified atom stereocenters. The zero-order valence-corrected chi connectivity index (χ0v) is 8.01. The molecule has 5 heteroatoms. The molecule has 0 amide bonds. The van der Waals surface area contributed by atoms with Crippen LogP contribution in [0.4, 0.5) is 0 Å². The number of rotatable bonds is 0. The summed E-state index contributed by atoms with van der Waals surface area (Å²) in [7, 11) is 0. The van der Waals surface area contributed by atoms with Gasteiger partial charge in [0.05, 0.1) is 0 Å². The summed E-state index contributed by atoms with van der Waals surface area (Å²) < 4.78 is 0. The Morgan fingerprint density at radius 1 is 0.800 bits per heavy atom. The topological polar surface area (TPSA) is 0 Å². The maximum Gasteiger partial charge on any atom is 3.00 e. The van der Waals surface area contributed by atoms with Crippen molar-refractivity contribution >= 4 is 66.2 Å². The molecule has 28 valence electrons. The molecule has 0 bridgehead atoms. The van der Waals surface area contributed by atoms with E-state index >= 15 is 0 Å². The van der Waals surface area contributed by atoms with Crippen LogP contribution in [0, 0.1) is 0 Å². The molecule has 0 atom stereocenters. The van der Waals surface area contributed by atoms with Crippen molar-refractivity contribution in [1.82, 2.24) is 0 Å². The summed E-state index contributed by atoms with van der Waals surface area (Å²) in [4.78, 5) is 0. The van der Waals surface area contributed by atoms with Crippen LogP contribution in [0.3, 0.4) is 0 Å². The van der Waals surface area contributed by atoms with Gasteiger partial charge >= 0.3 is 66.2 Å². The van der Waals surface area contributed by atoms with Crippen molar-refractivity contribution in [1.29, 1.82) is 0 Å². The molecule has 0 saturated heterocycles. The van der Waals surface area contributed by atoms with E-state index in [-0.39, 0.29) is 83.2 Å². The van der Waals surface area contributed by atoms with Crippen LogP contribution in [0.5, 0.6) is 0 Å². The molecule has 0 aromatic heterocycles. The van der Waals surface area contributed by atoms with Gasteiger partial charge in [-0.15, -0.1) is 0 Å². The SMILES string of the molecule is [Al+3].[Ba+2].[F-].[F-].[F-].[H-].[H-]. The van der Waals surface area contributed by atoms with E-state index in [1.807, 2.05) is 0 Å². The van der Waals surface area contributed by atoms with Gasteiger partial charge in [0.2, 0.25) is 0 Å². The van der Waals surface area contributed by atoms with Crippen LogP contribution in [-0.4, -0.2) is 66.2 Å². The van der Waals surface area contributed by atoms with Crippen molar-refractivity contribution < 1.29 is 17.0 Å². The third-order valence-corrected chi connectivity index (χ3v) is 0. The first-order valence-electron chi connectivity index (χ1n) is 0. The van der Waals surface area contributed by atoms with E-state index in [0.717, 1.165) is 0 Å². The van der Waals surface area contributed by atoms with Crippen molar-refractivity contribution in [2.24, 2.45) is 0 Å². The van der Waals surface area contributed by atoms with E-state index in [1.54, 1.807) is 0 Å². The zero-order chi connectivity index (χ0) is 0. The minimum Gasteiger partial charge on any atom is -1.00 e. The van der Waals surface area contributed by atoms with Crippen LogP contribution in [0.15, 0.2) is 0 Å². The molecule has 0 aliphatic heterocycles. The van der Waals surface area contributed by atoms with E-state index < -0.39 is 0 Å². The molecule has 0 rings (SSSR count). The van der Waals surface area contributed by atoms with Gasteiger partial charge in [-0.05, 0) is 0 Å². The molecule has 0 nitrogen and oxygen atoms in total. The molecule has 0 aliphatic carbocycles. The van der Waals surface area contributed by atoms with Gasteiger partial charge in [0, 0.05) is 0 Å². The second-order valence-electron chi connectivity index (χ2n) is 0. The summed E-state index contributed by atoms with van der Waals surface area (Å²) in [6.45, 7) is 0. The maximum absolute atomic E-state index is 0. The molecule has 5 heavy (non-hydrogen) atoms. The molecule has 0 N–H and O–H groups in total. The normalized spacial score (nSPS) is 0. The summed E-state index contributed by atoms with van der Waals surface area (Å²) >= 11 is 0. The molecule has 0 fully saturated rings. The Labute approximate surface area is 82.0 Å². The fraction of sp³-hybridized carbons (Fsp3) is 0. The number of hydrogen-bond acceptors (Lipinski definition) is 0. The fourth-order valence-corrected chi connectivity index (χ4v) is 0. The van der Waals surface area contributed by atoms with E-state index in [1.165, 1.54) is 0 Å². The Bertz CT molecular complexity index is 12.9. The van der Waals surface area contributed by atoms with Crippen LogP contribution in [-0.2, 0) is 0 Å². The third-order valence-electron chi connectivity index (χ3n) is 0. The first kappa shape index (κ1) is 66.8. The minimum atomic E-state index is 0. The maximum atomic E-state index is 0. The average molecular weight is 223 g/mol. The van der Waals surface area contributed by atoms with Crippen LogP contribution in [0.1, 0.15) is 2.85 Å². The van der Waals surface area contributed by atoms with Gasteiger partial charge in [-0.25, -0.2) is 0 Å². The van der Waals surface area contributed by atoms with Gasteiger partial charge in [0.1, 0.15) is 0 Å². The molecule has 0 heterocycles. The van der Waals surface area contributed by atoms with Crippen molar-refractivity contribution in [2.45, 2.75) is 0 Å². The summed E-state index contributed by atoms with van der Waals surface area (Å²) in [5.41, 5.74) is 0. The van der Waals surface area contributed by atoms with Crippen LogP contribution in [0.2, 0.25) is 0 Å². The molecule has 0 spiro atoms. The van der Waals surface area contributed by atoms with Gasteiger partial charge in [0.15, 0.2) is 0 Å². The Balaban J connectivity index is 0. The van der Waals surface area contributed by atoms with Gasteiger partial charge in [-0.1, -0.05) is 0 Å². The third kappa shape index (κ3) is 24.9. The number of hydrogen-bond donors (Lipinski definition) is 0. The van der Waals surface area contributed by atoms with Gasteiger partial charge in [-0.3, -0.25) is 0 Å². The average Bonchev–Trinajstić information content (AvgIpc) is 0. The van der Waals surface area contributed by atoms with E-state index in [9.17, 15) is 0 Å². The monoisotopic (exact) mass is 224 g/mol. The first-order chi connectivity index (χ1) is 0. The minimum absolute atomic E-state index is 0. The van der Waals surface area contributed by atoms with Crippen molar-refractivity contribution in [2.75, 3.05) is 0 Å². The smallest absolute Gasteiger partial charge is 1.00 e. The first-order valence-corrected chi connectivity index (χ1v) is 0. The predicted molar refractivity (Wildman–Crippen MR) is 13.7 cm³/mol. The van der Waals surface area contributed by atoms with Gasteiger partial charge in [-0.2, -0.15) is 0 Å². The quantitative estimate of drug-likeness (QED) is 0.358. The summed E-state index contributed by atoms with van der Waals surface area (Å²) in [6, 6.07) is 0. The summed E-state index contributed by atoms with van der Waals surface area (Å²) in [5.74, 6) is 0. The molecular formula is H2AlBaF3. The molecular weight excluding hydrogens is 221 g/mol. The van der Waals surface area contributed by atoms with Crippen LogP contribution < -0.4 is 14.1 Å². The second kappa shape index (κ2) is 39.4. The molecule has 0 radical (unpaired) electrons. The number of halogens is 3. The molecule has 0 aliphatic rings. The van der Waals surface area contributed by atoms with Crippen molar-refractivity contribution in [3.05, 3.63) is 0 Å². The Morgan fingerprint density at radius 3 is 0.800 bits per heavy atom. The van der Waals surface area contributed by atoms with E-state index in [4.69, 9.17) is 0 Å². The Morgan fingerprint density at radius 2 is 0.800 bits per heavy atom. The van der Waals surface area contributed by atoms with Crippen LogP contribution >= 0.6 is 0 Å². The second-order valence-corrected chi connectivity index (χ2v) is 0. The van der Waals surface area contributed by atoms with E-state index in [0.29, 0.717) is 0 Å². The van der Waals surface area contributed by atoms with Gasteiger partial charge < -0.3 is 17.0 Å².